The van der Waals surface area contributed by atoms with Gasteiger partial charge in [-0.05, 0) is 55.1 Å². The number of carbonyl (C=O) groups excluding carboxylic acids is 1. The first kappa shape index (κ1) is 18.6. The van der Waals surface area contributed by atoms with Gasteiger partial charge in [-0.25, -0.2) is 0 Å². The first-order chi connectivity index (χ1) is 12.8. The van der Waals surface area contributed by atoms with E-state index < -0.39 is 5.60 Å². The molecule has 3 rings (SSSR count). The number of rotatable bonds is 3. The summed E-state index contributed by atoms with van der Waals surface area (Å²) in [6.45, 7) is 3.78. The fourth-order valence-corrected chi connectivity index (χ4v) is 2.80. The fourth-order valence-electron chi connectivity index (χ4n) is 2.80. The number of aliphatic hydroxyl groups is 1. The Morgan fingerprint density at radius 3 is 2.59 bits per heavy atom. The third kappa shape index (κ3) is 4.72. The lowest BCUT2D eigenvalue weighted by Crippen LogP contribution is -2.26. The van der Waals surface area contributed by atoms with Gasteiger partial charge in [-0.15, -0.1) is 0 Å². The average Bonchev–Trinajstić information content (AvgIpc) is 2.66. The molecule has 0 bridgehead atoms. The molecular weight excluding hydrogens is 336 g/mol. The van der Waals surface area contributed by atoms with Crippen molar-refractivity contribution in [1.29, 1.82) is 0 Å². The van der Waals surface area contributed by atoms with Crippen molar-refractivity contribution in [3.8, 4) is 11.8 Å². The summed E-state index contributed by atoms with van der Waals surface area (Å²) < 4.78 is 0. The van der Waals surface area contributed by atoms with Gasteiger partial charge in [0.2, 0.25) is 0 Å². The molecule has 0 aliphatic carbocycles. The molecule has 1 heterocycles. The first-order valence-electron chi connectivity index (χ1n) is 8.76. The van der Waals surface area contributed by atoms with Gasteiger partial charge in [0.15, 0.2) is 0 Å². The van der Waals surface area contributed by atoms with E-state index in [1.54, 1.807) is 56.3 Å². The summed E-state index contributed by atoms with van der Waals surface area (Å²) in [5, 5.41) is 11.8. The predicted molar refractivity (Wildman–Crippen MR) is 107 cm³/mol. The Morgan fingerprint density at radius 2 is 1.89 bits per heavy atom. The van der Waals surface area contributed by atoms with Crippen LogP contribution in [0.5, 0.6) is 0 Å². The number of carbonyl (C=O) groups is 1. The molecule has 1 N–H and O–H groups in total. The third-order valence-corrected chi connectivity index (χ3v) is 4.17. The standard InChI is InChI=1S/C23H22N2O2/c1-23(2,27)13-11-17-7-9-18(10-8-17)22(26)25(3)16-20-6-4-5-19-15-24-14-12-21(19)20/h4-10,12,14-15,27H,16H2,1-3H3. The van der Waals surface area contributed by atoms with E-state index in [-0.39, 0.29) is 5.91 Å². The first-order valence-corrected chi connectivity index (χ1v) is 8.76. The van der Waals surface area contributed by atoms with Gasteiger partial charge >= 0.3 is 0 Å². The minimum absolute atomic E-state index is 0.0527. The monoisotopic (exact) mass is 358 g/mol. The normalized spacial score (nSPS) is 11.0. The highest BCUT2D eigenvalue weighted by molar-refractivity contribution is 5.94. The zero-order valence-corrected chi connectivity index (χ0v) is 15.7. The van der Waals surface area contributed by atoms with Crippen LogP contribution in [0.25, 0.3) is 10.8 Å². The number of benzene rings is 2. The molecule has 136 valence electrons. The Hall–Kier alpha value is -3.16. The quantitative estimate of drug-likeness (QED) is 0.728. The van der Waals surface area contributed by atoms with Crippen LogP contribution >= 0.6 is 0 Å². The molecule has 3 aromatic rings. The minimum atomic E-state index is -1.04. The smallest absolute Gasteiger partial charge is 0.253 e. The molecule has 0 saturated heterocycles. The molecule has 4 nitrogen and oxygen atoms in total. The maximum atomic E-state index is 12.8. The molecule has 0 spiro atoms. The second-order valence-electron chi connectivity index (χ2n) is 7.06. The van der Waals surface area contributed by atoms with E-state index >= 15 is 0 Å². The van der Waals surface area contributed by atoms with Crippen LogP contribution in [0.2, 0.25) is 0 Å². The zero-order chi connectivity index (χ0) is 19.4. The molecule has 27 heavy (non-hydrogen) atoms. The van der Waals surface area contributed by atoms with E-state index in [0.717, 1.165) is 21.9 Å². The average molecular weight is 358 g/mol. The van der Waals surface area contributed by atoms with Crippen molar-refractivity contribution in [1.82, 2.24) is 9.88 Å². The summed E-state index contributed by atoms with van der Waals surface area (Å²) in [4.78, 5) is 18.6. The van der Waals surface area contributed by atoms with Gasteiger partial charge in [0, 0.05) is 42.5 Å². The number of nitrogens with zero attached hydrogens (tertiary/aromatic N) is 2. The van der Waals surface area contributed by atoms with Crippen molar-refractivity contribution in [3.63, 3.8) is 0 Å². The summed E-state index contributed by atoms with van der Waals surface area (Å²) in [6.07, 6.45) is 3.59. The molecule has 2 aromatic carbocycles. The molecule has 0 atom stereocenters. The maximum Gasteiger partial charge on any atom is 0.253 e. The van der Waals surface area contributed by atoms with E-state index in [2.05, 4.69) is 16.8 Å². The van der Waals surface area contributed by atoms with Gasteiger partial charge in [-0.1, -0.05) is 30.0 Å². The highest BCUT2D eigenvalue weighted by Gasteiger charge is 2.13. The van der Waals surface area contributed by atoms with Crippen molar-refractivity contribution in [3.05, 3.63) is 77.6 Å². The number of hydrogen-bond donors (Lipinski definition) is 1. The fraction of sp³-hybridized carbons (Fsp3) is 0.217. The number of fused-ring (bicyclic) bond motifs is 1. The molecule has 0 unspecified atom stereocenters. The second kappa shape index (κ2) is 7.61. The van der Waals surface area contributed by atoms with Gasteiger partial charge in [-0.3, -0.25) is 9.78 Å². The molecular formula is C23H22N2O2. The van der Waals surface area contributed by atoms with E-state index in [9.17, 15) is 9.90 Å². The topological polar surface area (TPSA) is 53.4 Å². The maximum absolute atomic E-state index is 12.8. The van der Waals surface area contributed by atoms with E-state index in [0.29, 0.717) is 12.1 Å². The van der Waals surface area contributed by atoms with Crippen LogP contribution in [0.1, 0.15) is 35.3 Å². The Kier molecular flexibility index (Phi) is 5.25. The van der Waals surface area contributed by atoms with Crippen molar-refractivity contribution < 1.29 is 9.90 Å². The van der Waals surface area contributed by atoms with Gasteiger partial charge in [0.1, 0.15) is 5.60 Å². The van der Waals surface area contributed by atoms with Crippen LogP contribution in [-0.4, -0.2) is 33.5 Å². The van der Waals surface area contributed by atoms with Crippen LogP contribution in [0, 0.1) is 11.8 Å². The van der Waals surface area contributed by atoms with Gasteiger partial charge in [0.25, 0.3) is 5.91 Å². The lowest BCUT2D eigenvalue weighted by atomic mass is 10.1. The van der Waals surface area contributed by atoms with Gasteiger partial charge in [-0.2, -0.15) is 0 Å². The molecule has 0 saturated carbocycles. The Balaban J connectivity index is 1.76. The zero-order valence-electron chi connectivity index (χ0n) is 15.7. The molecule has 0 fully saturated rings. The van der Waals surface area contributed by atoms with Crippen molar-refractivity contribution in [2.24, 2.45) is 0 Å². The van der Waals surface area contributed by atoms with Crippen LogP contribution in [0.4, 0.5) is 0 Å². The summed E-state index contributed by atoms with van der Waals surface area (Å²) >= 11 is 0. The number of pyridine rings is 1. The highest BCUT2D eigenvalue weighted by atomic mass is 16.3. The number of hydrogen-bond acceptors (Lipinski definition) is 3. The summed E-state index contributed by atoms with van der Waals surface area (Å²) in [6, 6.07) is 15.1. The summed E-state index contributed by atoms with van der Waals surface area (Å²) in [5.41, 5.74) is 1.41. The van der Waals surface area contributed by atoms with E-state index in [1.165, 1.54) is 0 Å². The molecule has 1 aromatic heterocycles. The van der Waals surface area contributed by atoms with Gasteiger partial charge < -0.3 is 10.0 Å². The van der Waals surface area contributed by atoms with Crippen molar-refractivity contribution >= 4 is 16.7 Å². The summed E-state index contributed by atoms with van der Waals surface area (Å²) in [7, 11) is 1.80. The number of aromatic nitrogens is 1. The largest absolute Gasteiger partial charge is 0.378 e. The molecule has 0 aliphatic heterocycles. The third-order valence-electron chi connectivity index (χ3n) is 4.17. The molecule has 0 aliphatic rings. The van der Waals surface area contributed by atoms with Crippen LogP contribution < -0.4 is 0 Å². The van der Waals surface area contributed by atoms with Crippen LogP contribution in [0.15, 0.2) is 60.9 Å². The molecule has 4 heteroatoms. The highest BCUT2D eigenvalue weighted by Crippen LogP contribution is 2.19. The van der Waals surface area contributed by atoms with Gasteiger partial charge in [0.05, 0.1) is 0 Å². The van der Waals surface area contributed by atoms with Crippen molar-refractivity contribution in [2.45, 2.75) is 26.0 Å². The lowest BCUT2D eigenvalue weighted by Gasteiger charge is -2.18. The van der Waals surface area contributed by atoms with Crippen LogP contribution in [-0.2, 0) is 6.54 Å². The Labute approximate surface area is 159 Å². The van der Waals surface area contributed by atoms with E-state index in [1.807, 2.05) is 30.5 Å². The SMILES string of the molecule is CN(Cc1cccc2cnccc12)C(=O)c1ccc(C#CC(C)(C)O)cc1. The van der Waals surface area contributed by atoms with Crippen molar-refractivity contribution in [2.75, 3.05) is 7.05 Å². The Bertz CT molecular complexity index is 1020. The molecule has 0 radical (unpaired) electrons. The molecule has 1 amide bonds. The van der Waals surface area contributed by atoms with E-state index in [4.69, 9.17) is 0 Å². The second-order valence-corrected chi connectivity index (χ2v) is 7.06. The van der Waals surface area contributed by atoms with Crippen LogP contribution in [0.3, 0.4) is 0 Å². The lowest BCUT2D eigenvalue weighted by molar-refractivity contribution is 0.0785. The Morgan fingerprint density at radius 1 is 1.15 bits per heavy atom. The minimum Gasteiger partial charge on any atom is -0.378 e. The summed E-state index contributed by atoms with van der Waals surface area (Å²) in [5.74, 6) is 5.62. The number of amides is 1. The predicted octanol–water partition coefficient (Wildman–Crippen LogP) is 3.63.